The fraction of sp³-hybridized carbons (Fsp3) is 0.261. The topological polar surface area (TPSA) is 124 Å². The number of pyridine rings is 2. The predicted octanol–water partition coefficient (Wildman–Crippen LogP) is 4.49. The minimum absolute atomic E-state index is 0.0171. The Hall–Kier alpha value is -4.13. The molecule has 2 N–H and O–H groups in total. The van der Waals surface area contributed by atoms with Crippen LogP contribution in [0, 0.1) is 0 Å². The van der Waals surface area contributed by atoms with E-state index in [2.05, 4.69) is 30.1 Å². The molecule has 5 rings (SSSR count). The summed E-state index contributed by atoms with van der Waals surface area (Å²) in [5.41, 5.74) is -0.387. The average Bonchev–Trinajstić information content (AvgIpc) is 3.48. The van der Waals surface area contributed by atoms with E-state index >= 15 is 0 Å². The third kappa shape index (κ3) is 4.14. The second kappa shape index (κ2) is 8.76. The summed E-state index contributed by atoms with van der Waals surface area (Å²) in [5.74, 6) is -0.831. The highest BCUT2D eigenvalue weighted by atomic mass is 35.5. The van der Waals surface area contributed by atoms with Crippen LogP contribution in [0.3, 0.4) is 0 Å². The van der Waals surface area contributed by atoms with Crippen molar-refractivity contribution in [3.8, 4) is 11.5 Å². The van der Waals surface area contributed by atoms with Crippen molar-refractivity contribution in [3.63, 3.8) is 0 Å². The number of aryl methyl sites for hydroxylation is 2. The molecule has 0 saturated carbocycles. The first-order valence-corrected chi connectivity index (χ1v) is 11.5. The number of hydrogen-bond donors (Lipinski definition) is 2. The zero-order valence-corrected chi connectivity index (χ0v) is 20.4. The van der Waals surface area contributed by atoms with Crippen LogP contribution in [-0.2, 0) is 19.8 Å². The van der Waals surface area contributed by atoms with Crippen LogP contribution in [0.2, 0.25) is 5.15 Å². The molecule has 1 atom stereocenters. The number of benzene rings is 1. The largest absolute Gasteiger partial charge is 0.439 e. The molecule has 4 aromatic heterocycles. The first-order valence-electron chi connectivity index (χ1n) is 11.1. The molecule has 0 amide bonds. The van der Waals surface area contributed by atoms with Gasteiger partial charge < -0.3 is 5.32 Å². The molecule has 0 aliphatic rings. The van der Waals surface area contributed by atoms with Gasteiger partial charge in [-0.25, -0.2) is 14.5 Å². The predicted molar refractivity (Wildman–Crippen MR) is 131 cm³/mol. The Kier molecular flexibility index (Phi) is 5.82. The summed E-state index contributed by atoms with van der Waals surface area (Å²) < 4.78 is 49.2. The van der Waals surface area contributed by atoms with Gasteiger partial charge in [0.1, 0.15) is 16.5 Å². The number of rotatable bonds is 5. The van der Waals surface area contributed by atoms with Gasteiger partial charge >= 0.3 is 11.9 Å². The molecule has 0 saturated heterocycles. The van der Waals surface area contributed by atoms with Gasteiger partial charge in [-0.05, 0) is 43.7 Å². The number of nitrogens with one attached hydrogen (secondary N) is 2. The van der Waals surface area contributed by atoms with Crippen molar-refractivity contribution in [2.45, 2.75) is 32.6 Å². The van der Waals surface area contributed by atoms with Crippen LogP contribution < -0.4 is 16.6 Å². The lowest BCUT2D eigenvalue weighted by molar-refractivity contribution is -0.137. The molecule has 5 aromatic rings. The van der Waals surface area contributed by atoms with Crippen molar-refractivity contribution < 1.29 is 17.7 Å². The van der Waals surface area contributed by atoms with Crippen LogP contribution in [0.5, 0.6) is 0 Å². The van der Waals surface area contributed by atoms with E-state index in [-0.39, 0.29) is 27.6 Å². The first-order chi connectivity index (χ1) is 17.5. The zero-order chi connectivity index (χ0) is 26.6. The van der Waals surface area contributed by atoms with Crippen molar-refractivity contribution in [3.05, 3.63) is 67.6 Å². The summed E-state index contributed by atoms with van der Waals surface area (Å²) in [4.78, 5) is 31.3. The summed E-state index contributed by atoms with van der Waals surface area (Å²) in [6, 6.07) is 4.13. The molecule has 10 nitrogen and oxygen atoms in total. The van der Waals surface area contributed by atoms with E-state index in [1.807, 2.05) is 6.92 Å². The average molecular weight is 534 g/mol. The number of hydrogen-bond acceptors (Lipinski definition) is 7. The van der Waals surface area contributed by atoms with Gasteiger partial charge in [0.25, 0.3) is 5.56 Å². The molecule has 0 fully saturated rings. The molecular weight excluding hydrogens is 515 g/mol. The number of aromatic nitrogens is 6. The highest BCUT2D eigenvalue weighted by molar-refractivity contribution is 6.29. The number of H-pyrrole nitrogens is 1. The second-order valence-corrected chi connectivity index (χ2v) is 8.77. The molecular formula is C23H19ClF3N7O3. The molecule has 1 unspecified atom stereocenters. The summed E-state index contributed by atoms with van der Waals surface area (Å²) in [6.45, 7) is 3.95. The van der Waals surface area contributed by atoms with Crippen LogP contribution in [0.15, 0.2) is 44.6 Å². The number of anilines is 1. The highest BCUT2D eigenvalue weighted by Crippen LogP contribution is 2.38. The van der Waals surface area contributed by atoms with Gasteiger partial charge in [0.2, 0.25) is 5.82 Å². The molecule has 0 radical (unpaired) electrons. The normalized spacial score (nSPS) is 12.9. The third-order valence-electron chi connectivity index (χ3n) is 6.09. The van der Waals surface area contributed by atoms with E-state index < -0.39 is 29.1 Å². The molecule has 4 heterocycles. The monoisotopic (exact) mass is 533 g/mol. The molecule has 0 aliphatic carbocycles. The van der Waals surface area contributed by atoms with Gasteiger partial charge in [-0.15, -0.1) is 0 Å². The maximum Gasteiger partial charge on any atom is 0.439 e. The second-order valence-electron chi connectivity index (χ2n) is 8.39. The lowest BCUT2D eigenvalue weighted by Gasteiger charge is -2.21. The lowest BCUT2D eigenvalue weighted by atomic mass is 9.95. The van der Waals surface area contributed by atoms with E-state index in [4.69, 9.17) is 11.6 Å². The van der Waals surface area contributed by atoms with Crippen LogP contribution in [-0.4, -0.2) is 29.5 Å². The standard InChI is InChI=1S/C23H19ClF3N7O3/c1-4-34-20-14(9-28-34)17-12(7-11(23(25,26)27)8-13(17)21(35)33(20)3)10(2)29-15-5-6-16(24)30-18(15)19-31-22(36)37-32-19/h5-10,29H,4H2,1-3H3,(H,31,32,36). The van der Waals surface area contributed by atoms with Crippen molar-refractivity contribution in [2.75, 3.05) is 5.32 Å². The Morgan fingerprint density at radius 2 is 1.97 bits per heavy atom. The fourth-order valence-electron chi connectivity index (χ4n) is 4.43. The Bertz CT molecular complexity index is 1790. The quantitative estimate of drug-likeness (QED) is 0.319. The molecule has 14 heteroatoms. The molecule has 0 bridgehead atoms. The van der Waals surface area contributed by atoms with Crippen molar-refractivity contribution >= 4 is 39.1 Å². The molecule has 0 aliphatic heterocycles. The Balaban J connectivity index is 1.76. The first kappa shape index (κ1) is 24.6. The number of halogens is 4. The van der Waals surface area contributed by atoms with E-state index in [9.17, 15) is 22.8 Å². The Morgan fingerprint density at radius 3 is 2.62 bits per heavy atom. The SMILES string of the molecule is CCn1ncc2c3c(C(C)Nc4ccc(Cl)nc4-c4noc(=O)[nH]4)cc(C(F)(F)F)cc3c(=O)n(C)c21. The van der Waals surface area contributed by atoms with Crippen LogP contribution in [0.4, 0.5) is 18.9 Å². The highest BCUT2D eigenvalue weighted by Gasteiger charge is 2.33. The summed E-state index contributed by atoms with van der Waals surface area (Å²) in [5, 5.41) is 12.0. The molecule has 1 aromatic carbocycles. The van der Waals surface area contributed by atoms with Gasteiger partial charge in [-0.1, -0.05) is 16.8 Å². The van der Waals surface area contributed by atoms with Crippen LogP contribution >= 0.6 is 11.6 Å². The summed E-state index contributed by atoms with van der Waals surface area (Å²) in [7, 11) is 1.50. The van der Waals surface area contributed by atoms with Crippen molar-refractivity contribution in [1.29, 1.82) is 0 Å². The van der Waals surface area contributed by atoms with E-state index in [1.165, 1.54) is 17.7 Å². The molecule has 37 heavy (non-hydrogen) atoms. The number of fused-ring (bicyclic) bond motifs is 3. The van der Waals surface area contributed by atoms with Gasteiger partial charge in [-0.2, -0.15) is 18.3 Å². The van der Waals surface area contributed by atoms with E-state index in [1.54, 1.807) is 23.9 Å². The fourth-order valence-corrected chi connectivity index (χ4v) is 4.58. The van der Waals surface area contributed by atoms with Crippen molar-refractivity contribution in [2.24, 2.45) is 7.05 Å². The Morgan fingerprint density at radius 1 is 1.22 bits per heavy atom. The van der Waals surface area contributed by atoms with Crippen LogP contribution in [0.1, 0.15) is 31.0 Å². The Labute approximate surface area is 210 Å². The zero-order valence-electron chi connectivity index (χ0n) is 19.6. The van der Waals surface area contributed by atoms with Gasteiger partial charge in [0.05, 0.1) is 17.4 Å². The lowest BCUT2D eigenvalue weighted by Crippen LogP contribution is -2.21. The van der Waals surface area contributed by atoms with Crippen LogP contribution in [0.25, 0.3) is 33.3 Å². The maximum absolute atomic E-state index is 13.9. The van der Waals surface area contributed by atoms with E-state index in [0.717, 1.165) is 12.1 Å². The molecule has 0 spiro atoms. The minimum atomic E-state index is -4.69. The number of alkyl halides is 3. The van der Waals surface area contributed by atoms with Crippen molar-refractivity contribution in [1.82, 2.24) is 29.5 Å². The third-order valence-corrected chi connectivity index (χ3v) is 6.30. The smallest absolute Gasteiger partial charge is 0.377 e. The van der Waals surface area contributed by atoms with Gasteiger partial charge in [-0.3, -0.25) is 18.9 Å². The summed E-state index contributed by atoms with van der Waals surface area (Å²) >= 11 is 6.03. The maximum atomic E-state index is 13.9. The van der Waals surface area contributed by atoms with Gasteiger partial charge in [0.15, 0.2) is 0 Å². The minimum Gasteiger partial charge on any atom is -0.377 e. The number of nitrogens with zero attached hydrogens (tertiary/aromatic N) is 5. The summed E-state index contributed by atoms with van der Waals surface area (Å²) in [6.07, 6.45) is -3.15. The number of aromatic amines is 1. The van der Waals surface area contributed by atoms with E-state index in [0.29, 0.717) is 28.7 Å². The molecule has 192 valence electrons. The van der Waals surface area contributed by atoms with Gasteiger partial charge in [0, 0.05) is 35.8 Å².